The topological polar surface area (TPSA) is 73.7 Å². The smallest absolute Gasteiger partial charge is 0.387 e. The first-order valence-corrected chi connectivity index (χ1v) is 9.81. The molecule has 1 heterocycles. The molecule has 1 amide bonds. The Morgan fingerprint density at radius 3 is 2.48 bits per heavy atom. The molecule has 0 saturated carbocycles. The van der Waals surface area contributed by atoms with Gasteiger partial charge >= 0.3 is 6.61 Å². The molecule has 0 unspecified atom stereocenters. The van der Waals surface area contributed by atoms with Crippen molar-refractivity contribution >= 4 is 16.7 Å². The second-order valence-corrected chi connectivity index (χ2v) is 6.77. The van der Waals surface area contributed by atoms with Crippen LogP contribution in [0.15, 0.2) is 47.3 Å². The van der Waals surface area contributed by atoms with Gasteiger partial charge in [-0.15, -0.1) is 0 Å². The highest BCUT2D eigenvalue weighted by atomic mass is 19.3. The Hall–Kier alpha value is -3.49. The largest absolute Gasteiger partial charge is 0.490 e. The number of hydrogen-bond donors (Lipinski definition) is 0. The van der Waals surface area contributed by atoms with E-state index in [9.17, 15) is 18.4 Å². The quantitative estimate of drug-likeness (QED) is 0.544. The van der Waals surface area contributed by atoms with E-state index in [0.717, 1.165) is 0 Å². The lowest BCUT2D eigenvalue weighted by atomic mass is 10.1. The maximum Gasteiger partial charge on any atom is 0.387 e. The van der Waals surface area contributed by atoms with Crippen molar-refractivity contribution in [1.82, 2.24) is 14.7 Å². The summed E-state index contributed by atoms with van der Waals surface area (Å²) in [5, 5.41) is 5.16. The normalized spacial score (nSPS) is 11.0. The molecule has 0 spiro atoms. The summed E-state index contributed by atoms with van der Waals surface area (Å²) >= 11 is 0. The van der Waals surface area contributed by atoms with Crippen LogP contribution in [0, 0.1) is 0 Å². The van der Waals surface area contributed by atoms with Crippen molar-refractivity contribution in [2.24, 2.45) is 0 Å². The van der Waals surface area contributed by atoms with Crippen molar-refractivity contribution in [3.8, 4) is 11.5 Å². The van der Waals surface area contributed by atoms with E-state index in [1.807, 2.05) is 0 Å². The number of rotatable bonds is 8. The van der Waals surface area contributed by atoms with Crippen LogP contribution in [-0.4, -0.2) is 40.9 Å². The van der Waals surface area contributed by atoms with Gasteiger partial charge in [0.15, 0.2) is 17.2 Å². The Balaban J connectivity index is 1.92. The number of nitrogens with zero attached hydrogens (tertiary/aromatic N) is 3. The standard InChI is InChI=1S/C22H23F2N3O4/c1-4-27-20(28)16-9-7-6-8-15(16)19(25-27)21(29)26(3)13-14-10-11-17(31-22(23)24)18(12-14)30-5-2/h6-12,22H,4-5,13H2,1-3H3. The molecule has 0 atom stereocenters. The third-order valence-electron chi connectivity index (χ3n) is 4.66. The number of ether oxygens (including phenoxy) is 2. The third kappa shape index (κ3) is 4.82. The SMILES string of the molecule is CCOc1cc(CN(C)C(=O)c2nn(CC)c(=O)c3ccccc23)ccc1OC(F)F. The summed E-state index contributed by atoms with van der Waals surface area (Å²) in [6.07, 6.45) is 0. The average molecular weight is 431 g/mol. The second kappa shape index (κ2) is 9.55. The van der Waals surface area contributed by atoms with Gasteiger partial charge in [0.25, 0.3) is 11.5 Å². The Bertz CT molecular complexity index is 1150. The van der Waals surface area contributed by atoms with E-state index >= 15 is 0 Å². The van der Waals surface area contributed by atoms with Crippen LogP contribution in [0.5, 0.6) is 11.5 Å². The van der Waals surface area contributed by atoms with Gasteiger partial charge in [0.2, 0.25) is 0 Å². The Labute approximate surface area is 177 Å². The number of alkyl halides is 2. The fourth-order valence-corrected chi connectivity index (χ4v) is 3.25. The fourth-order valence-electron chi connectivity index (χ4n) is 3.25. The summed E-state index contributed by atoms with van der Waals surface area (Å²) in [4.78, 5) is 27.1. The maximum absolute atomic E-state index is 13.2. The Morgan fingerprint density at radius 2 is 1.84 bits per heavy atom. The molecule has 0 bridgehead atoms. The lowest BCUT2D eigenvalue weighted by Gasteiger charge is -2.19. The van der Waals surface area contributed by atoms with Gasteiger partial charge in [-0.05, 0) is 37.6 Å². The van der Waals surface area contributed by atoms with Gasteiger partial charge < -0.3 is 14.4 Å². The lowest BCUT2D eigenvalue weighted by molar-refractivity contribution is -0.0514. The summed E-state index contributed by atoms with van der Waals surface area (Å²) < 4.78 is 36.3. The highest BCUT2D eigenvalue weighted by Gasteiger charge is 2.20. The van der Waals surface area contributed by atoms with Crippen LogP contribution in [0.25, 0.3) is 10.8 Å². The van der Waals surface area contributed by atoms with Crippen LogP contribution in [-0.2, 0) is 13.1 Å². The van der Waals surface area contributed by atoms with Crippen molar-refractivity contribution in [1.29, 1.82) is 0 Å². The Kier molecular flexibility index (Phi) is 6.84. The monoisotopic (exact) mass is 431 g/mol. The first-order chi connectivity index (χ1) is 14.8. The highest BCUT2D eigenvalue weighted by molar-refractivity contribution is 6.04. The molecule has 7 nitrogen and oxygen atoms in total. The minimum Gasteiger partial charge on any atom is -0.490 e. The molecule has 1 aromatic heterocycles. The molecule has 0 aliphatic carbocycles. The van der Waals surface area contributed by atoms with E-state index in [2.05, 4.69) is 9.84 Å². The summed E-state index contributed by atoms with van der Waals surface area (Å²) in [7, 11) is 1.60. The summed E-state index contributed by atoms with van der Waals surface area (Å²) in [5.74, 6) is -0.272. The van der Waals surface area contributed by atoms with Crippen LogP contribution in [0.1, 0.15) is 29.9 Å². The molecule has 0 N–H and O–H groups in total. The number of carbonyl (C=O) groups is 1. The van der Waals surface area contributed by atoms with Crippen molar-refractivity contribution in [2.45, 2.75) is 33.5 Å². The molecule has 0 fully saturated rings. The zero-order valence-corrected chi connectivity index (χ0v) is 17.5. The van der Waals surface area contributed by atoms with Gasteiger partial charge in [-0.2, -0.15) is 13.9 Å². The van der Waals surface area contributed by atoms with E-state index in [1.54, 1.807) is 57.3 Å². The average Bonchev–Trinajstić information content (AvgIpc) is 2.75. The number of benzene rings is 2. The maximum atomic E-state index is 13.2. The molecule has 0 aliphatic rings. The highest BCUT2D eigenvalue weighted by Crippen LogP contribution is 2.30. The number of aryl methyl sites for hydroxylation is 1. The predicted octanol–water partition coefficient (Wildman–Crippen LogP) is 3.69. The molecule has 0 radical (unpaired) electrons. The zero-order chi connectivity index (χ0) is 22.5. The first-order valence-electron chi connectivity index (χ1n) is 9.81. The summed E-state index contributed by atoms with van der Waals surface area (Å²) in [6, 6.07) is 11.4. The second-order valence-electron chi connectivity index (χ2n) is 6.77. The summed E-state index contributed by atoms with van der Waals surface area (Å²) in [6.45, 7) is 1.31. The third-order valence-corrected chi connectivity index (χ3v) is 4.66. The van der Waals surface area contributed by atoms with Gasteiger partial charge in [-0.1, -0.05) is 24.3 Å². The molecular formula is C22H23F2N3O4. The van der Waals surface area contributed by atoms with E-state index < -0.39 is 6.61 Å². The number of carbonyl (C=O) groups excluding carboxylic acids is 1. The fraction of sp³-hybridized carbons (Fsp3) is 0.318. The van der Waals surface area contributed by atoms with E-state index in [-0.39, 0.29) is 41.8 Å². The molecule has 3 rings (SSSR count). The zero-order valence-electron chi connectivity index (χ0n) is 17.5. The van der Waals surface area contributed by atoms with Crippen LogP contribution < -0.4 is 15.0 Å². The predicted molar refractivity (Wildman–Crippen MR) is 112 cm³/mol. The molecule has 0 aliphatic heterocycles. The minimum atomic E-state index is -2.97. The van der Waals surface area contributed by atoms with E-state index in [0.29, 0.717) is 22.9 Å². The van der Waals surface area contributed by atoms with Crippen LogP contribution in [0.4, 0.5) is 8.78 Å². The number of halogens is 2. The first kappa shape index (κ1) is 22.2. The van der Waals surface area contributed by atoms with Crippen LogP contribution in [0.3, 0.4) is 0 Å². The van der Waals surface area contributed by atoms with Crippen molar-refractivity contribution in [2.75, 3.05) is 13.7 Å². The minimum absolute atomic E-state index is 0.0720. The number of fused-ring (bicyclic) bond motifs is 1. The van der Waals surface area contributed by atoms with Crippen molar-refractivity contribution in [3.05, 3.63) is 64.1 Å². The van der Waals surface area contributed by atoms with Gasteiger partial charge in [-0.3, -0.25) is 9.59 Å². The molecule has 2 aromatic carbocycles. The summed E-state index contributed by atoms with van der Waals surface area (Å²) in [5.41, 5.74) is 0.574. The van der Waals surface area contributed by atoms with Gasteiger partial charge in [0, 0.05) is 25.5 Å². The van der Waals surface area contributed by atoms with E-state index in [4.69, 9.17) is 4.74 Å². The molecule has 0 saturated heterocycles. The van der Waals surface area contributed by atoms with Gasteiger partial charge in [-0.25, -0.2) is 4.68 Å². The number of amides is 1. The van der Waals surface area contributed by atoms with E-state index in [1.165, 1.54) is 15.6 Å². The molecule has 164 valence electrons. The van der Waals surface area contributed by atoms with Crippen LogP contribution >= 0.6 is 0 Å². The number of aromatic nitrogens is 2. The van der Waals surface area contributed by atoms with Crippen molar-refractivity contribution < 1.29 is 23.0 Å². The Morgan fingerprint density at radius 1 is 1.13 bits per heavy atom. The van der Waals surface area contributed by atoms with Gasteiger partial charge in [0.05, 0.1) is 12.0 Å². The number of hydrogen-bond acceptors (Lipinski definition) is 5. The molecular weight excluding hydrogens is 408 g/mol. The molecule has 3 aromatic rings. The molecule has 31 heavy (non-hydrogen) atoms. The van der Waals surface area contributed by atoms with Crippen LogP contribution in [0.2, 0.25) is 0 Å². The van der Waals surface area contributed by atoms with Gasteiger partial charge in [0.1, 0.15) is 0 Å². The van der Waals surface area contributed by atoms with Crippen molar-refractivity contribution in [3.63, 3.8) is 0 Å². The molecule has 9 heteroatoms. The lowest BCUT2D eigenvalue weighted by Crippen LogP contribution is -2.31.